The Kier molecular flexibility index (Phi) is 6.96. The predicted molar refractivity (Wildman–Crippen MR) is 142 cm³/mol. The molecule has 2 heterocycles. The normalized spacial score (nSPS) is 11.9. The third kappa shape index (κ3) is 6.18. The van der Waals surface area contributed by atoms with E-state index in [0.29, 0.717) is 35.9 Å². The first kappa shape index (κ1) is 26.2. The first-order valence-corrected chi connectivity index (χ1v) is 14.5. The number of nitrogens with zero attached hydrogens (tertiary/aromatic N) is 7. The van der Waals surface area contributed by atoms with Crippen LogP contribution in [0.4, 0.5) is 5.69 Å². The van der Waals surface area contributed by atoms with Crippen molar-refractivity contribution in [3.63, 3.8) is 0 Å². The SMILES string of the molecule is NS(=O)(=O)c1ccc(-n2cc(CN(Cc3cn(-c4ccc(S(N)(=O)=O)cc4)nn3)c3ccccc3)nn2)cc1. The Labute approximate surface area is 224 Å². The van der Waals surface area contributed by atoms with Crippen molar-refractivity contribution in [1.29, 1.82) is 0 Å². The molecule has 13 nitrogen and oxygen atoms in total. The van der Waals surface area contributed by atoms with Gasteiger partial charge in [-0.25, -0.2) is 36.5 Å². The fourth-order valence-electron chi connectivity index (χ4n) is 3.84. The molecule has 0 saturated carbocycles. The van der Waals surface area contributed by atoms with E-state index in [2.05, 4.69) is 25.5 Å². The zero-order chi connectivity index (χ0) is 27.6. The van der Waals surface area contributed by atoms with Crippen LogP contribution in [0.15, 0.2) is 101 Å². The Morgan fingerprint density at radius 1 is 0.615 bits per heavy atom. The van der Waals surface area contributed by atoms with Crippen molar-refractivity contribution in [2.45, 2.75) is 22.9 Å². The summed E-state index contributed by atoms with van der Waals surface area (Å²) >= 11 is 0. The molecule has 0 amide bonds. The van der Waals surface area contributed by atoms with E-state index in [4.69, 9.17) is 10.3 Å². The van der Waals surface area contributed by atoms with Gasteiger partial charge in [-0.15, -0.1) is 10.2 Å². The molecule has 3 aromatic carbocycles. The summed E-state index contributed by atoms with van der Waals surface area (Å²) in [7, 11) is -7.58. The lowest BCUT2D eigenvalue weighted by atomic mass is 10.2. The highest BCUT2D eigenvalue weighted by molar-refractivity contribution is 7.89. The molecule has 0 aliphatic heterocycles. The number of para-hydroxylation sites is 1. The lowest BCUT2D eigenvalue weighted by Gasteiger charge is -2.22. The third-order valence-electron chi connectivity index (χ3n) is 5.77. The van der Waals surface area contributed by atoms with Crippen LogP contribution in [-0.4, -0.2) is 46.8 Å². The van der Waals surface area contributed by atoms with E-state index in [-0.39, 0.29) is 9.79 Å². The third-order valence-corrected chi connectivity index (χ3v) is 7.63. The molecule has 4 N–H and O–H groups in total. The van der Waals surface area contributed by atoms with Crippen molar-refractivity contribution in [3.8, 4) is 11.4 Å². The molecule has 0 saturated heterocycles. The fourth-order valence-corrected chi connectivity index (χ4v) is 4.87. The van der Waals surface area contributed by atoms with Crippen molar-refractivity contribution in [3.05, 3.63) is 103 Å². The molecule has 0 spiro atoms. The van der Waals surface area contributed by atoms with Gasteiger partial charge in [0.25, 0.3) is 0 Å². The van der Waals surface area contributed by atoms with Gasteiger partial charge in [-0.2, -0.15) is 0 Å². The number of hydrogen-bond acceptors (Lipinski definition) is 9. The monoisotopic (exact) mass is 565 g/mol. The maximum absolute atomic E-state index is 11.5. The molecular weight excluding hydrogens is 542 g/mol. The Morgan fingerprint density at radius 3 is 1.41 bits per heavy atom. The van der Waals surface area contributed by atoms with Gasteiger partial charge in [0.2, 0.25) is 20.0 Å². The Hall–Kier alpha value is -4.44. The second kappa shape index (κ2) is 10.4. The zero-order valence-electron chi connectivity index (χ0n) is 20.3. The summed E-state index contributed by atoms with van der Waals surface area (Å²) in [5.74, 6) is 0. The number of nitrogens with two attached hydrogens (primary N) is 2. The number of hydrogen-bond donors (Lipinski definition) is 2. The van der Waals surface area contributed by atoms with Crippen LogP contribution in [0.25, 0.3) is 11.4 Å². The van der Waals surface area contributed by atoms with Gasteiger partial charge in [0.05, 0.1) is 46.6 Å². The molecule has 0 bridgehead atoms. The number of primary sulfonamides is 2. The Balaban J connectivity index is 1.36. The Bertz CT molecular complexity index is 1690. The summed E-state index contributed by atoms with van der Waals surface area (Å²) in [5, 5.41) is 27.3. The van der Waals surface area contributed by atoms with E-state index in [1.807, 2.05) is 30.3 Å². The minimum atomic E-state index is -3.79. The molecule has 2 aromatic heterocycles. The second-order valence-corrected chi connectivity index (χ2v) is 11.7. The van der Waals surface area contributed by atoms with Gasteiger partial charge in [0.15, 0.2) is 0 Å². The van der Waals surface area contributed by atoms with E-state index < -0.39 is 20.0 Å². The lowest BCUT2D eigenvalue weighted by molar-refractivity contribution is 0.596. The molecule has 0 radical (unpaired) electrons. The first-order valence-electron chi connectivity index (χ1n) is 11.5. The lowest BCUT2D eigenvalue weighted by Crippen LogP contribution is -2.22. The summed E-state index contributed by atoms with van der Waals surface area (Å²) in [5.41, 5.74) is 3.52. The predicted octanol–water partition coefficient (Wildman–Crippen LogP) is 1.35. The molecule has 0 atom stereocenters. The van der Waals surface area contributed by atoms with Crippen LogP contribution in [-0.2, 0) is 33.1 Å². The van der Waals surface area contributed by atoms with Crippen LogP contribution in [0.5, 0.6) is 0 Å². The maximum Gasteiger partial charge on any atom is 0.238 e. The molecular formula is C24H23N9O4S2. The number of anilines is 1. The first-order chi connectivity index (χ1) is 18.6. The van der Waals surface area contributed by atoms with Crippen LogP contribution in [0.3, 0.4) is 0 Å². The molecule has 0 fully saturated rings. The summed E-state index contributed by atoms with van der Waals surface area (Å²) in [6.07, 6.45) is 3.51. The van der Waals surface area contributed by atoms with Gasteiger partial charge in [-0.05, 0) is 60.7 Å². The molecule has 200 valence electrons. The minimum Gasteiger partial charge on any atom is -0.359 e. The van der Waals surface area contributed by atoms with Crippen LogP contribution >= 0.6 is 0 Å². The van der Waals surface area contributed by atoms with E-state index >= 15 is 0 Å². The summed E-state index contributed by atoms with van der Waals surface area (Å²) in [4.78, 5) is 2.07. The van der Waals surface area contributed by atoms with E-state index in [1.54, 1.807) is 46.0 Å². The maximum atomic E-state index is 11.5. The van der Waals surface area contributed by atoms with E-state index in [1.165, 1.54) is 24.3 Å². The van der Waals surface area contributed by atoms with Gasteiger partial charge < -0.3 is 4.90 Å². The Morgan fingerprint density at radius 2 is 1.03 bits per heavy atom. The molecule has 0 aliphatic carbocycles. The average Bonchev–Trinajstić information content (AvgIpc) is 3.58. The van der Waals surface area contributed by atoms with Crippen molar-refractivity contribution < 1.29 is 16.8 Å². The quantitative estimate of drug-likeness (QED) is 0.266. The molecule has 5 aromatic rings. The molecule has 15 heteroatoms. The highest BCUT2D eigenvalue weighted by Crippen LogP contribution is 2.20. The van der Waals surface area contributed by atoms with Crippen molar-refractivity contribution in [1.82, 2.24) is 30.0 Å². The zero-order valence-corrected chi connectivity index (χ0v) is 21.9. The molecule has 0 aliphatic rings. The van der Waals surface area contributed by atoms with Crippen LogP contribution in [0, 0.1) is 0 Å². The smallest absolute Gasteiger partial charge is 0.238 e. The standard InChI is InChI=1S/C24H23N9O4S2/c25-38(34,35)23-10-6-21(7-11-23)32-16-18(27-29-32)14-31(20-4-2-1-3-5-20)15-19-17-33(30-28-19)22-8-12-24(13-9-22)39(26,36)37/h1-13,16-17H,14-15H2,(H2,25,34,35)(H2,26,36,37). The molecule has 39 heavy (non-hydrogen) atoms. The highest BCUT2D eigenvalue weighted by atomic mass is 32.2. The largest absolute Gasteiger partial charge is 0.359 e. The number of benzene rings is 3. The second-order valence-electron chi connectivity index (χ2n) is 8.58. The fraction of sp³-hybridized carbons (Fsp3) is 0.0833. The van der Waals surface area contributed by atoms with Crippen molar-refractivity contribution in [2.75, 3.05) is 4.90 Å². The summed E-state index contributed by atoms with van der Waals surface area (Å²) < 4.78 is 49.2. The van der Waals surface area contributed by atoms with Gasteiger partial charge in [0.1, 0.15) is 11.4 Å². The molecule has 5 rings (SSSR count). The number of rotatable bonds is 9. The van der Waals surface area contributed by atoms with Crippen LogP contribution in [0.2, 0.25) is 0 Å². The summed E-state index contributed by atoms with van der Waals surface area (Å²) in [6, 6.07) is 21.7. The van der Waals surface area contributed by atoms with Crippen molar-refractivity contribution in [2.24, 2.45) is 10.3 Å². The van der Waals surface area contributed by atoms with Gasteiger partial charge in [0, 0.05) is 5.69 Å². The number of aromatic nitrogens is 6. The van der Waals surface area contributed by atoms with Crippen LogP contribution < -0.4 is 15.2 Å². The number of sulfonamides is 2. The van der Waals surface area contributed by atoms with Crippen molar-refractivity contribution >= 4 is 25.7 Å². The van der Waals surface area contributed by atoms with E-state index in [0.717, 1.165) is 5.69 Å². The minimum absolute atomic E-state index is 0.00949. The van der Waals surface area contributed by atoms with E-state index in [9.17, 15) is 16.8 Å². The van der Waals surface area contributed by atoms with Gasteiger partial charge in [-0.3, -0.25) is 0 Å². The highest BCUT2D eigenvalue weighted by Gasteiger charge is 2.15. The van der Waals surface area contributed by atoms with Crippen LogP contribution in [0.1, 0.15) is 11.4 Å². The molecule has 0 unspecified atom stereocenters. The topological polar surface area (TPSA) is 185 Å². The summed E-state index contributed by atoms with van der Waals surface area (Å²) in [6.45, 7) is 0.796. The van der Waals surface area contributed by atoms with Gasteiger partial charge >= 0.3 is 0 Å². The average molecular weight is 566 g/mol. The van der Waals surface area contributed by atoms with Gasteiger partial charge in [-0.1, -0.05) is 28.6 Å².